The van der Waals surface area contributed by atoms with Gasteiger partial charge in [0.15, 0.2) is 17.6 Å². The fraction of sp³-hybridized carbons (Fsp3) is 0.714. The Balaban J connectivity index is 1.81. The average molecular weight is 496 g/mol. The average Bonchev–Trinajstić information content (AvgIpc) is 2.64. The molecule has 1 N–H and O–H groups in total. The van der Waals surface area contributed by atoms with Crippen molar-refractivity contribution in [1.29, 1.82) is 0 Å². The summed E-state index contributed by atoms with van der Waals surface area (Å²) >= 11 is 3.52. The second-order valence-corrected chi connectivity index (χ2v) is 9.64. The first-order valence-electron chi connectivity index (χ1n) is 10.1. The molecule has 0 aliphatic carbocycles. The number of rotatable bonds is 5. The van der Waals surface area contributed by atoms with Gasteiger partial charge in [-0.3, -0.25) is 4.90 Å². The summed E-state index contributed by atoms with van der Waals surface area (Å²) in [5, 5.41) is 9.28. The predicted octanol–water partition coefficient (Wildman–Crippen LogP) is 4.64. The number of piperidine rings is 1. The van der Waals surface area contributed by atoms with Crippen LogP contribution in [0.4, 0.5) is 13.2 Å². The number of benzene rings is 1. The van der Waals surface area contributed by atoms with Gasteiger partial charge in [-0.05, 0) is 73.2 Å². The van der Waals surface area contributed by atoms with Crippen LogP contribution in [0.15, 0.2) is 10.5 Å². The van der Waals surface area contributed by atoms with Gasteiger partial charge in [-0.25, -0.2) is 0 Å². The molecule has 2 heterocycles. The third-order valence-corrected chi connectivity index (χ3v) is 6.31. The third kappa shape index (κ3) is 5.23. The van der Waals surface area contributed by atoms with Crippen molar-refractivity contribution in [2.24, 2.45) is 0 Å². The first kappa shape index (κ1) is 23.6. The third-order valence-electron chi connectivity index (χ3n) is 5.48. The highest BCUT2D eigenvalue weighted by Crippen LogP contribution is 2.47. The van der Waals surface area contributed by atoms with Crippen LogP contribution in [-0.2, 0) is 11.2 Å². The van der Waals surface area contributed by atoms with E-state index in [1.165, 1.54) is 7.11 Å². The minimum absolute atomic E-state index is 0.180. The van der Waals surface area contributed by atoms with E-state index in [1.54, 1.807) is 0 Å². The molecule has 170 valence electrons. The maximum Gasteiger partial charge on any atom is 0.417 e. The van der Waals surface area contributed by atoms with Gasteiger partial charge in [0.2, 0.25) is 0 Å². The van der Waals surface area contributed by atoms with Crippen LogP contribution in [0.3, 0.4) is 0 Å². The van der Waals surface area contributed by atoms with E-state index in [1.807, 2.05) is 6.07 Å². The van der Waals surface area contributed by atoms with Crippen molar-refractivity contribution < 1.29 is 32.5 Å². The van der Waals surface area contributed by atoms with E-state index in [2.05, 4.69) is 41.6 Å². The quantitative estimate of drug-likeness (QED) is 0.644. The van der Waals surface area contributed by atoms with E-state index in [0.717, 1.165) is 43.5 Å². The molecule has 30 heavy (non-hydrogen) atoms. The molecule has 1 aromatic carbocycles. The number of methoxy groups -OCH3 is 1. The van der Waals surface area contributed by atoms with E-state index in [4.69, 9.17) is 14.2 Å². The molecule has 5 nitrogen and oxygen atoms in total. The second-order valence-electron chi connectivity index (χ2n) is 8.85. The molecule has 3 unspecified atom stereocenters. The van der Waals surface area contributed by atoms with Crippen LogP contribution in [0, 0.1) is 0 Å². The van der Waals surface area contributed by atoms with Gasteiger partial charge in [-0.1, -0.05) is 0 Å². The minimum atomic E-state index is -4.73. The number of aliphatic hydroxyl groups excluding tert-OH is 1. The Morgan fingerprint density at radius 1 is 1.27 bits per heavy atom. The first-order valence-corrected chi connectivity index (χ1v) is 10.9. The molecule has 9 heteroatoms. The lowest BCUT2D eigenvalue weighted by molar-refractivity contribution is -0.210. The van der Waals surface area contributed by atoms with Crippen molar-refractivity contribution in [3.63, 3.8) is 0 Å². The topological polar surface area (TPSA) is 51.2 Å². The fourth-order valence-electron chi connectivity index (χ4n) is 4.22. The lowest BCUT2D eigenvalue weighted by atomic mass is 9.85. The SMILES string of the molecule is COc1cc2c(c(Br)c1OCC(O)C(F)(F)F)CCN1CC(OC(C)(C)C)CCC21. The molecule has 2 aliphatic heterocycles. The van der Waals surface area contributed by atoms with Crippen molar-refractivity contribution in [3.8, 4) is 11.5 Å². The maximum atomic E-state index is 12.6. The van der Waals surface area contributed by atoms with Crippen molar-refractivity contribution >= 4 is 15.9 Å². The summed E-state index contributed by atoms with van der Waals surface area (Å²) in [6.07, 6.45) is -4.51. The Kier molecular flexibility index (Phi) is 6.96. The van der Waals surface area contributed by atoms with Crippen LogP contribution >= 0.6 is 15.9 Å². The van der Waals surface area contributed by atoms with Gasteiger partial charge < -0.3 is 19.3 Å². The van der Waals surface area contributed by atoms with Crippen LogP contribution < -0.4 is 9.47 Å². The highest BCUT2D eigenvalue weighted by atomic mass is 79.9. The molecule has 1 saturated heterocycles. The Bertz CT molecular complexity index is 766. The highest BCUT2D eigenvalue weighted by Gasteiger charge is 2.40. The molecular weight excluding hydrogens is 467 g/mol. The molecule has 1 fully saturated rings. The molecule has 0 spiro atoms. The molecular formula is C21H29BrF3NO4. The Morgan fingerprint density at radius 2 is 1.97 bits per heavy atom. The predicted molar refractivity (Wildman–Crippen MR) is 110 cm³/mol. The summed E-state index contributed by atoms with van der Waals surface area (Å²) < 4.78 is 55.4. The summed E-state index contributed by atoms with van der Waals surface area (Å²) in [5.41, 5.74) is 1.93. The molecule has 0 aromatic heterocycles. The molecule has 3 atom stereocenters. The number of halogens is 4. The first-order chi connectivity index (χ1) is 13.9. The van der Waals surface area contributed by atoms with E-state index in [0.29, 0.717) is 10.2 Å². The van der Waals surface area contributed by atoms with Crippen LogP contribution in [0.1, 0.15) is 50.8 Å². The normalized spacial score (nSPS) is 23.5. The summed E-state index contributed by atoms with van der Waals surface area (Å²) in [6, 6.07) is 2.06. The lowest BCUT2D eigenvalue weighted by Crippen LogP contribution is -2.47. The molecule has 0 saturated carbocycles. The van der Waals surface area contributed by atoms with Gasteiger partial charge in [0.05, 0.1) is 23.3 Å². The van der Waals surface area contributed by atoms with Gasteiger partial charge in [0.25, 0.3) is 0 Å². The molecule has 1 aromatic rings. The monoisotopic (exact) mass is 495 g/mol. The van der Waals surface area contributed by atoms with Crippen LogP contribution in [0.5, 0.6) is 11.5 Å². The highest BCUT2D eigenvalue weighted by molar-refractivity contribution is 9.10. The summed E-state index contributed by atoms with van der Waals surface area (Å²) in [5.74, 6) is 0.544. The largest absolute Gasteiger partial charge is 0.493 e. The van der Waals surface area contributed by atoms with Crippen molar-refractivity contribution in [2.75, 3.05) is 26.8 Å². The molecule has 2 aliphatic rings. The zero-order valence-corrected chi connectivity index (χ0v) is 19.3. The second kappa shape index (κ2) is 8.84. The summed E-state index contributed by atoms with van der Waals surface area (Å²) in [6.45, 7) is 6.96. The van der Waals surface area contributed by atoms with Crippen LogP contribution in [0.25, 0.3) is 0 Å². The van der Waals surface area contributed by atoms with E-state index in [-0.39, 0.29) is 23.5 Å². The van der Waals surface area contributed by atoms with Crippen LogP contribution in [-0.4, -0.2) is 60.8 Å². The fourth-order valence-corrected chi connectivity index (χ4v) is 4.95. The standard InChI is InChI=1S/C21H29BrF3NO4/c1-20(2,3)30-12-5-6-15-14-9-16(28-4)19(29-11-17(27)21(23,24)25)18(22)13(14)7-8-26(15)10-12/h9,12,15,17,27H,5-8,10-11H2,1-4H3. The Labute approximate surface area is 183 Å². The minimum Gasteiger partial charge on any atom is -0.493 e. The van der Waals surface area contributed by atoms with Crippen LogP contribution in [0.2, 0.25) is 0 Å². The number of alkyl halides is 3. The van der Waals surface area contributed by atoms with Crippen molar-refractivity contribution in [2.45, 2.75) is 70.1 Å². The van der Waals surface area contributed by atoms with E-state index in [9.17, 15) is 18.3 Å². The zero-order valence-electron chi connectivity index (χ0n) is 17.7. The van der Waals surface area contributed by atoms with Gasteiger partial charge >= 0.3 is 6.18 Å². The van der Waals surface area contributed by atoms with Gasteiger partial charge in [-0.2, -0.15) is 13.2 Å². The number of ether oxygens (including phenoxy) is 3. The number of hydrogen-bond acceptors (Lipinski definition) is 5. The van der Waals surface area contributed by atoms with E-state index < -0.39 is 18.9 Å². The number of fused-ring (bicyclic) bond motifs is 3. The van der Waals surface area contributed by atoms with Gasteiger partial charge in [0.1, 0.15) is 6.61 Å². The number of hydrogen-bond donors (Lipinski definition) is 1. The Hall–Kier alpha value is -1.03. The van der Waals surface area contributed by atoms with Crippen molar-refractivity contribution in [3.05, 3.63) is 21.7 Å². The maximum absolute atomic E-state index is 12.6. The number of nitrogens with zero attached hydrogens (tertiary/aromatic N) is 1. The molecule has 0 radical (unpaired) electrons. The van der Waals surface area contributed by atoms with Gasteiger partial charge in [0, 0.05) is 19.1 Å². The lowest BCUT2D eigenvalue weighted by Gasteiger charge is -2.45. The molecule has 0 bridgehead atoms. The summed E-state index contributed by atoms with van der Waals surface area (Å²) in [7, 11) is 1.45. The summed E-state index contributed by atoms with van der Waals surface area (Å²) in [4.78, 5) is 2.40. The van der Waals surface area contributed by atoms with Gasteiger partial charge in [-0.15, -0.1) is 0 Å². The number of aliphatic hydroxyl groups is 1. The Morgan fingerprint density at radius 3 is 2.57 bits per heavy atom. The molecule has 3 rings (SSSR count). The zero-order chi connectivity index (χ0) is 22.3. The molecule has 0 amide bonds. The smallest absolute Gasteiger partial charge is 0.417 e. The van der Waals surface area contributed by atoms with Crippen molar-refractivity contribution in [1.82, 2.24) is 4.90 Å². The van der Waals surface area contributed by atoms with E-state index >= 15 is 0 Å².